The van der Waals surface area contributed by atoms with Gasteiger partial charge in [-0.2, -0.15) is 0 Å². The third kappa shape index (κ3) is 4.94. The number of aromatic nitrogens is 1. The number of unbranched alkanes of at least 4 members (excludes halogenated alkanes) is 1. The summed E-state index contributed by atoms with van der Waals surface area (Å²) in [6.07, 6.45) is 6.12. The molecule has 0 aliphatic carbocycles. The standard InChI is InChI=1S/C20H18ClN3O3S/c1-2-3-4-13-6-9-16-18(12-13)28-20(22-16)23-19(25)10-7-14-5-8-15(21)17(11-14)24(26)27/h5-12H,2-4H2,1H3,(H,22,23,25). The Hall–Kier alpha value is -2.77. The summed E-state index contributed by atoms with van der Waals surface area (Å²) in [5.74, 6) is -0.358. The second kappa shape index (κ2) is 8.95. The molecule has 0 spiro atoms. The van der Waals surface area contributed by atoms with Crippen molar-refractivity contribution in [1.29, 1.82) is 0 Å². The minimum Gasteiger partial charge on any atom is -0.298 e. The lowest BCUT2D eigenvalue weighted by Crippen LogP contribution is -2.07. The monoisotopic (exact) mass is 415 g/mol. The fourth-order valence-corrected chi connectivity index (χ4v) is 3.77. The molecular formula is C20H18ClN3O3S. The molecule has 0 aliphatic rings. The number of halogens is 1. The number of nitrogens with one attached hydrogen (secondary N) is 1. The maximum atomic E-state index is 12.2. The number of thiazole rings is 1. The fourth-order valence-electron chi connectivity index (χ4n) is 2.65. The number of nitrogens with zero attached hydrogens (tertiary/aromatic N) is 2. The van der Waals surface area contributed by atoms with Gasteiger partial charge in [-0.15, -0.1) is 0 Å². The highest BCUT2D eigenvalue weighted by molar-refractivity contribution is 7.22. The number of hydrogen-bond donors (Lipinski definition) is 1. The number of carbonyl (C=O) groups is 1. The molecule has 0 aliphatic heterocycles. The van der Waals surface area contributed by atoms with Crippen LogP contribution in [0.25, 0.3) is 16.3 Å². The summed E-state index contributed by atoms with van der Waals surface area (Å²) in [5, 5.41) is 14.2. The molecule has 0 fully saturated rings. The molecule has 0 saturated carbocycles. The predicted molar refractivity (Wildman–Crippen MR) is 114 cm³/mol. The summed E-state index contributed by atoms with van der Waals surface area (Å²) in [4.78, 5) is 27.0. The van der Waals surface area contributed by atoms with E-state index in [2.05, 4.69) is 29.4 Å². The third-order valence-corrected chi connectivity index (χ3v) is 5.35. The minimum absolute atomic E-state index is 0.0550. The van der Waals surface area contributed by atoms with E-state index in [-0.39, 0.29) is 16.6 Å². The fraction of sp³-hybridized carbons (Fsp3) is 0.200. The van der Waals surface area contributed by atoms with E-state index in [1.807, 2.05) is 6.07 Å². The lowest BCUT2D eigenvalue weighted by atomic mass is 10.1. The van der Waals surface area contributed by atoms with Gasteiger partial charge >= 0.3 is 0 Å². The zero-order chi connectivity index (χ0) is 20.1. The topological polar surface area (TPSA) is 85.1 Å². The van der Waals surface area contributed by atoms with Gasteiger partial charge in [0, 0.05) is 12.1 Å². The van der Waals surface area contributed by atoms with E-state index < -0.39 is 4.92 Å². The first kappa shape index (κ1) is 20.0. The van der Waals surface area contributed by atoms with Crippen LogP contribution in [-0.2, 0) is 11.2 Å². The van der Waals surface area contributed by atoms with Gasteiger partial charge in [-0.3, -0.25) is 20.2 Å². The van der Waals surface area contributed by atoms with Gasteiger partial charge in [0.2, 0.25) is 5.91 Å². The SMILES string of the molecule is CCCCc1ccc2nc(NC(=O)C=Cc3ccc(Cl)c([N+](=O)[O-])c3)sc2c1. The molecule has 0 saturated heterocycles. The molecule has 2 aromatic carbocycles. The number of aryl methyl sites for hydroxylation is 1. The number of hydrogen-bond acceptors (Lipinski definition) is 5. The molecular weight excluding hydrogens is 398 g/mol. The van der Waals surface area contributed by atoms with Crippen LogP contribution in [0.1, 0.15) is 30.9 Å². The average Bonchev–Trinajstić information content (AvgIpc) is 3.06. The van der Waals surface area contributed by atoms with E-state index >= 15 is 0 Å². The third-order valence-electron chi connectivity index (χ3n) is 4.10. The molecule has 0 atom stereocenters. The van der Waals surface area contributed by atoms with Gasteiger partial charge in [-0.25, -0.2) is 4.98 Å². The van der Waals surface area contributed by atoms with Crippen molar-refractivity contribution in [3.05, 3.63) is 68.7 Å². The van der Waals surface area contributed by atoms with Crippen molar-refractivity contribution in [2.45, 2.75) is 26.2 Å². The van der Waals surface area contributed by atoms with E-state index in [0.717, 1.165) is 29.5 Å². The number of rotatable bonds is 7. The Morgan fingerprint density at radius 2 is 2.14 bits per heavy atom. The van der Waals surface area contributed by atoms with Gasteiger partial charge in [0.1, 0.15) is 5.02 Å². The van der Waals surface area contributed by atoms with E-state index in [1.165, 1.54) is 41.2 Å². The van der Waals surface area contributed by atoms with Crippen LogP contribution in [0.4, 0.5) is 10.8 Å². The predicted octanol–water partition coefficient (Wildman–Crippen LogP) is 5.85. The smallest absolute Gasteiger partial charge is 0.288 e. The molecule has 3 aromatic rings. The van der Waals surface area contributed by atoms with Crippen LogP contribution in [-0.4, -0.2) is 15.8 Å². The Balaban J connectivity index is 1.70. The normalized spacial score (nSPS) is 11.2. The molecule has 144 valence electrons. The maximum Gasteiger partial charge on any atom is 0.288 e. The van der Waals surface area contributed by atoms with Crippen LogP contribution in [0.2, 0.25) is 5.02 Å². The quantitative estimate of drug-likeness (QED) is 0.298. The molecule has 1 amide bonds. The highest BCUT2D eigenvalue weighted by Gasteiger charge is 2.12. The van der Waals surface area contributed by atoms with Crippen LogP contribution < -0.4 is 5.32 Å². The molecule has 6 nitrogen and oxygen atoms in total. The van der Waals surface area contributed by atoms with Crippen molar-refractivity contribution in [3.63, 3.8) is 0 Å². The van der Waals surface area contributed by atoms with Gasteiger partial charge in [-0.05, 0) is 48.2 Å². The molecule has 0 unspecified atom stereocenters. The molecule has 1 heterocycles. The van der Waals surface area contributed by atoms with Crippen LogP contribution in [0.15, 0.2) is 42.5 Å². The summed E-state index contributed by atoms with van der Waals surface area (Å²) in [7, 11) is 0. The summed E-state index contributed by atoms with van der Waals surface area (Å²) in [6.45, 7) is 2.16. The van der Waals surface area contributed by atoms with Gasteiger partial charge < -0.3 is 0 Å². The average molecular weight is 416 g/mol. The molecule has 1 N–H and O–H groups in total. The highest BCUT2D eigenvalue weighted by atomic mass is 35.5. The van der Waals surface area contributed by atoms with Crippen LogP contribution in [0.5, 0.6) is 0 Å². The number of anilines is 1. The summed E-state index contributed by atoms with van der Waals surface area (Å²) >= 11 is 7.21. The second-order valence-corrected chi connectivity index (χ2v) is 7.65. The van der Waals surface area contributed by atoms with Gasteiger partial charge in [0.25, 0.3) is 5.69 Å². The largest absolute Gasteiger partial charge is 0.298 e. The highest BCUT2D eigenvalue weighted by Crippen LogP contribution is 2.28. The zero-order valence-corrected chi connectivity index (χ0v) is 16.7. The van der Waals surface area contributed by atoms with Crippen molar-refractivity contribution in [2.75, 3.05) is 5.32 Å². The summed E-state index contributed by atoms with van der Waals surface area (Å²) in [6, 6.07) is 10.5. The van der Waals surface area contributed by atoms with Gasteiger partial charge in [0.05, 0.1) is 15.1 Å². The number of carbonyl (C=O) groups excluding carboxylic acids is 1. The number of nitro benzene ring substituents is 1. The maximum absolute atomic E-state index is 12.2. The number of amides is 1. The van der Waals surface area contributed by atoms with Crippen molar-refractivity contribution in [1.82, 2.24) is 4.98 Å². The van der Waals surface area contributed by atoms with Crippen molar-refractivity contribution < 1.29 is 9.72 Å². The van der Waals surface area contributed by atoms with Crippen LogP contribution in [0, 0.1) is 10.1 Å². The molecule has 28 heavy (non-hydrogen) atoms. The van der Waals surface area contributed by atoms with Gasteiger partial charge in [-0.1, -0.05) is 48.4 Å². The number of benzene rings is 2. The van der Waals surface area contributed by atoms with E-state index in [1.54, 1.807) is 6.07 Å². The number of fused-ring (bicyclic) bond motifs is 1. The Labute approximate surface area is 171 Å². The summed E-state index contributed by atoms with van der Waals surface area (Å²) < 4.78 is 1.03. The molecule has 1 aromatic heterocycles. The van der Waals surface area contributed by atoms with Gasteiger partial charge in [0.15, 0.2) is 5.13 Å². The Morgan fingerprint density at radius 1 is 1.32 bits per heavy atom. The first-order valence-corrected chi connectivity index (χ1v) is 9.98. The molecule has 3 rings (SSSR count). The minimum atomic E-state index is -0.560. The Bertz CT molecular complexity index is 1060. The molecule has 0 bridgehead atoms. The second-order valence-electron chi connectivity index (χ2n) is 6.22. The first-order chi connectivity index (χ1) is 13.5. The van der Waals surface area contributed by atoms with Crippen molar-refractivity contribution in [2.24, 2.45) is 0 Å². The lowest BCUT2D eigenvalue weighted by Gasteiger charge is -1.98. The lowest BCUT2D eigenvalue weighted by molar-refractivity contribution is -0.384. The van der Waals surface area contributed by atoms with Crippen LogP contribution >= 0.6 is 22.9 Å². The van der Waals surface area contributed by atoms with Crippen molar-refractivity contribution >= 4 is 56.0 Å². The Morgan fingerprint density at radius 3 is 2.89 bits per heavy atom. The zero-order valence-electron chi connectivity index (χ0n) is 15.1. The van der Waals surface area contributed by atoms with E-state index in [4.69, 9.17) is 11.6 Å². The summed E-state index contributed by atoms with van der Waals surface area (Å²) in [5.41, 5.74) is 2.42. The number of nitro groups is 1. The van der Waals surface area contributed by atoms with Crippen molar-refractivity contribution in [3.8, 4) is 0 Å². The molecule has 0 radical (unpaired) electrons. The molecule has 8 heteroatoms. The van der Waals surface area contributed by atoms with E-state index in [9.17, 15) is 14.9 Å². The first-order valence-electron chi connectivity index (χ1n) is 8.78. The van der Waals surface area contributed by atoms with E-state index in [0.29, 0.717) is 10.7 Å². The Kier molecular flexibility index (Phi) is 6.38. The van der Waals surface area contributed by atoms with Crippen LogP contribution in [0.3, 0.4) is 0 Å².